The molecule has 1 heterocycles. The molecule has 1 unspecified atom stereocenters. The number of carbonyl (C=O) groups excluding carboxylic acids is 4. The fourth-order valence-electron chi connectivity index (χ4n) is 3.52. The summed E-state index contributed by atoms with van der Waals surface area (Å²) in [5, 5.41) is 3.13. The molecular formula is C26H21ClN2O6. The van der Waals surface area contributed by atoms with E-state index in [0.29, 0.717) is 28.8 Å². The van der Waals surface area contributed by atoms with Gasteiger partial charge >= 0.3 is 5.97 Å². The van der Waals surface area contributed by atoms with Gasteiger partial charge in [0.05, 0.1) is 29.0 Å². The molecule has 8 nitrogen and oxygen atoms in total. The highest BCUT2D eigenvalue weighted by Crippen LogP contribution is 2.30. The molecule has 0 spiro atoms. The van der Waals surface area contributed by atoms with E-state index >= 15 is 0 Å². The molecule has 178 valence electrons. The summed E-state index contributed by atoms with van der Waals surface area (Å²) in [6, 6.07) is 17.1. The maximum Gasteiger partial charge on any atom is 0.338 e. The van der Waals surface area contributed by atoms with E-state index < -0.39 is 29.8 Å². The van der Waals surface area contributed by atoms with Crippen LogP contribution in [0.5, 0.6) is 5.75 Å². The molecule has 0 fully saturated rings. The van der Waals surface area contributed by atoms with E-state index in [1.165, 1.54) is 25.1 Å². The van der Waals surface area contributed by atoms with Crippen LogP contribution >= 0.6 is 11.6 Å². The molecule has 3 amide bonds. The van der Waals surface area contributed by atoms with Gasteiger partial charge in [0.2, 0.25) is 0 Å². The summed E-state index contributed by atoms with van der Waals surface area (Å²) < 4.78 is 10.6. The van der Waals surface area contributed by atoms with E-state index in [1.54, 1.807) is 48.5 Å². The van der Waals surface area contributed by atoms with Crippen LogP contribution in [0.15, 0.2) is 66.7 Å². The van der Waals surface area contributed by atoms with Gasteiger partial charge in [0.1, 0.15) is 5.75 Å². The van der Waals surface area contributed by atoms with Gasteiger partial charge in [-0.05, 0) is 80.6 Å². The Labute approximate surface area is 206 Å². The molecule has 0 saturated heterocycles. The lowest BCUT2D eigenvalue weighted by Crippen LogP contribution is -2.30. The fourth-order valence-corrected chi connectivity index (χ4v) is 3.65. The zero-order valence-electron chi connectivity index (χ0n) is 18.9. The van der Waals surface area contributed by atoms with E-state index in [1.807, 2.05) is 6.92 Å². The Morgan fingerprint density at radius 1 is 0.943 bits per heavy atom. The van der Waals surface area contributed by atoms with Crippen LogP contribution in [0, 0.1) is 0 Å². The molecule has 9 heteroatoms. The highest BCUT2D eigenvalue weighted by atomic mass is 35.5. The van der Waals surface area contributed by atoms with Crippen LogP contribution < -0.4 is 15.0 Å². The molecule has 1 atom stereocenters. The third kappa shape index (κ3) is 5.02. The number of ether oxygens (including phenoxy) is 2. The standard InChI is InChI=1S/C26H21ClN2O6/c1-3-34-20-11-7-18(8-12-20)28-23(30)15(2)35-26(33)16-4-13-21-22(14-16)25(32)29(24(21)31)19-9-5-17(27)6-10-19/h4-15H,3H2,1-2H3,(H,28,30). The highest BCUT2D eigenvalue weighted by Gasteiger charge is 2.37. The lowest BCUT2D eigenvalue weighted by atomic mass is 10.1. The van der Waals surface area contributed by atoms with Crippen molar-refractivity contribution in [2.75, 3.05) is 16.8 Å². The molecule has 0 aliphatic carbocycles. The van der Waals surface area contributed by atoms with Gasteiger partial charge in [-0.15, -0.1) is 0 Å². The van der Waals surface area contributed by atoms with Crippen LogP contribution in [0.2, 0.25) is 5.02 Å². The number of carbonyl (C=O) groups is 4. The summed E-state index contributed by atoms with van der Waals surface area (Å²) >= 11 is 5.89. The Morgan fingerprint density at radius 3 is 2.26 bits per heavy atom. The minimum Gasteiger partial charge on any atom is -0.494 e. The third-order valence-corrected chi connectivity index (χ3v) is 5.54. The quantitative estimate of drug-likeness (QED) is 0.378. The van der Waals surface area contributed by atoms with Crippen molar-refractivity contribution in [3.05, 3.63) is 88.4 Å². The molecule has 1 aliphatic rings. The van der Waals surface area contributed by atoms with Crippen molar-refractivity contribution in [3.63, 3.8) is 0 Å². The summed E-state index contributed by atoms with van der Waals surface area (Å²) in [5.41, 5.74) is 1.17. The van der Waals surface area contributed by atoms with Crippen molar-refractivity contribution in [2.24, 2.45) is 0 Å². The third-order valence-electron chi connectivity index (χ3n) is 5.29. The van der Waals surface area contributed by atoms with E-state index in [9.17, 15) is 19.2 Å². The van der Waals surface area contributed by atoms with Crippen LogP contribution in [0.25, 0.3) is 0 Å². The number of fused-ring (bicyclic) bond motifs is 1. The molecule has 4 rings (SSSR count). The van der Waals surface area contributed by atoms with Gasteiger partial charge in [-0.3, -0.25) is 14.4 Å². The monoisotopic (exact) mass is 492 g/mol. The molecule has 35 heavy (non-hydrogen) atoms. The van der Waals surface area contributed by atoms with Crippen molar-refractivity contribution in [2.45, 2.75) is 20.0 Å². The Bertz CT molecular complexity index is 1300. The second-order valence-electron chi connectivity index (χ2n) is 7.68. The van der Waals surface area contributed by atoms with Gasteiger partial charge in [0.15, 0.2) is 6.10 Å². The SMILES string of the molecule is CCOc1ccc(NC(=O)C(C)OC(=O)c2ccc3c(c2)C(=O)N(c2ccc(Cl)cc2)C3=O)cc1. The number of halogens is 1. The molecule has 3 aromatic rings. The number of rotatable bonds is 7. The summed E-state index contributed by atoms with van der Waals surface area (Å²) in [6.07, 6.45) is -1.11. The van der Waals surface area contributed by atoms with E-state index in [0.717, 1.165) is 4.90 Å². The van der Waals surface area contributed by atoms with Gasteiger partial charge in [0, 0.05) is 10.7 Å². The number of anilines is 2. The molecule has 0 aromatic heterocycles. The number of hydrogen-bond donors (Lipinski definition) is 1. The largest absolute Gasteiger partial charge is 0.494 e. The normalized spacial score (nSPS) is 13.3. The maximum absolute atomic E-state index is 12.9. The van der Waals surface area contributed by atoms with Crippen LogP contribution in [-0.4, -0.2) is 36.4 Å². The van der Waals surface area contributed by atoms with E-state index in [4.69, 9.17) is 21.1 Å². The Hall–Kier alpha value is -4.17. The molecule has 0 radical (unpaired) electrons. The van der Waals surface area contributed by atoms with Gasteiger partial charge in [-0.2, -0.15) is 0 Å². The summed E-state index contributed by atoms with van der Waals surface area (Å²) in [6.45, 7) is 3.84. The van der Waals surface area contributed by atoms with Crippen molar-refractivity contribution in [3.8, 4) is 5.75 Å². The second kappa shape index (κ2) is 9.99. The average molecular weight is 493 g/mol. The first-order valence-electron chi connectivity index (χ1n) is 10.8. The Kier molecular flexibility index (Phi) is 6.84. The molecule has 1 aliphatic heterocycles. The van der Waals surface area contributed by atoms with Crippen LogP contribution in [0.3, 0.4) is 0 Å². The first-order chi connectivity index (χ1) is 16.8. The lowest BCUT2D eigenvalue weighted by molar-refractivity contribution is -0.123. The van der Waals surface area contributed by atoms with Crippen LogP contribution in [0.4, 0.5) is 11.4 Å². The number of nitrogens with zero attached hydrogens (tertiary/aromatic N) is 1. The molecule has 0 saturated carbocycles. The number of nitrogens with one attached hydrogen (secondary N) is 1. The first-order valence-corrected chi connectivity index (χ1v) is 11.2. The zero-order valence-corrected chi connectivity index (χ0v) is 19.7. The fraction of sp³-hybridized carbons (Fsp3) is 0.154. The predicted molar refractivity (Wildman–Crippen MR) is 130 cm³/mol. The highest BCUT2D eigenvalue weighted by molar-refractivity contribution is 6.35. The number of imide groups is 1. The molecular weight excluding hydrogens is 472 g/mol. The van der Waals surface area contributed by atoms with Gasteiger partial charge in [-0.1, -0.05) is 11.6 Å². The van der Waals surface area contributed by atoms with Gasteiger partial charge < -0.3 is 14.8 Å². The average Bonchev–Trinajstić information content (AvgIpc) is 3.10. The van der Waals surface area contributed by atoms with Crippen molar-refractivity contribution in [1.82, 2.24) is 0 Å². The van der Waals surface area contributed by atoms with Gasteiger partial charge in [-0.25, -0.2) is 9.69 Å². The first kappa shape index (κ1) is 24.0. The maximum atomic E-state index is 12.9. The Morgan fingerprint density at radius 2 is 1.60 bits per heavy atom. The van der Waals surface area contributed by atoms with Crippen molar-refractivity contribution < 1.29 is 28.7 Å². The summed E-state index contributed by atoms with van der Waals surface area (Å²) in [7, 11) is 0. The van der Waals surface area contributed by atoms with Crippen molar-refractivity contribution in [1.29, 1.82) is 0 Å². The zero-order chi connectivity index (χ0) is 25.1. The number of amides is 3. The molecule has 1 N–H and O–H groups in total. The van der Waals surface area contributed by atoms with Crippen LogP contribution in [0.1, 0.15) is 44.9 Å². The van der Waals surface area contributed by atoms with E-state index in [-0.39, 0.29) is 16.7 Å². The van der Waals surface area contributed by atoms with Gasteiger partial charge in [0.25, 0.3) is 17.7 Å². The number of hydrogen-bond acceptors (Lipinski definition) is 6. The minimum absolute atomic E-state index is 0.0450. The van der Waals surface area contributed by atoms with Crippen molar-refractivity contribution >= 4 is 46.7 Å². The predicted octanol–water partition coefficient (Wildman–Crippen LogP) is 4.72. The minimum atomic E-state index is -1.11. The Balaban J connectivity index is 1.44. The summed E-state index contributed by atoms with van der Waals surface area (Å²) in [4.78, 5) is 51.8. The molecule has 0 bridgehead atoms. The summed E-state index contributed by atoms with van der Waals surface area (Å²) in [5.74, 6) is -1.72. The smallest absolute Gasteiger partial charge is 0.338 e. The van der Waals surface area contributed by atoms with E-state index in [2.05, 4.69) is 5.32 Å². The van der Waals surface area contributed by atoms with Crippen LogP contribution in [-0.2, 0) is 9.53 Å². The lowest BCUT2D eigenvalue weighted by Gasteiger charge is -2.14. The topological polar surface area (TPSA) is 102 Å². The number of esters is 1. The number of benzene rings is 3. The molecule has 3 aromatic carbocycles. The second-order valence-corrected chi connectivity index (χ2v) is 8.11.